The van der Waals surface area contributed by atoms with Gasteiger partial charge in [0.25, 0.3) is 0 Å². The minimum Gasteiger partial charge on any atom is -0.378 e. The van der Waals surface area contributed by atoms with Gasteiger partial charge >= 0.3 is 0 Å². The first kappa shape index (κ1) is 20.6. The van der Waals surface area contributed by atoms with Crippen LogP contribution in [0.4, 0.5) is 17.1 Å². The number of aryl methyl sites for hydroxylation is 1. The first-order valence-corrected chi connectivity index (χ1v) is 12.2. The molecule has 1 saturated heterocycles. The molecular formula is C26H24IN5O. The number of fused-ring (bicyclic) bond motifs is 2. The Morgan fingerprint density at radius 2 is 1.88 bits per heavy atom. The van der Waals surface area contributed by atoms with Crippen molar-refractivity contribution in [2.45, 2.75) is 0 Å². The van der Waals surface area contributed by atoms with Crippen molar-refractivity contribution in [3.63, 3.8) is 0 Å². The van der Waals surface area contributed by atoms with Crippen LogP contribution in [0.25, 0.3) is 27.8 Å². The summed E-state index contributed by atoms with van der Waals surface area (Å²) in [5.41, 5.74) is 7.76. The van der Waals surface area contributed by atoms with E-state index in [9.17, 15) is 0 Å². The summed E-state index contributed by atoms with van der Waals surface area (Å²) in [7, 11) is 2.08. The zero-order valence-corrected chi connectivity index (χ0v) is 20.5. The van der Waals surface area contributed by atoms with Gasteiger partial charge in [-0.3, -0.25) is 4.40 Å². The fraction of sp³-hybridized carbons (Fsp3) is 0.192. The third-order valence-electron chi connectivity index (χ3n) is 6.33. The largest absolute Gasteiger partial charge is 0.378 e. The van der Waals surface area contributed by atoms with Gasteiger partial charge in [0.05, 0.1) is 30.3 Å². The maximum Gasteiger partial charge on any atom is 0.161 e. The molecule has 3 aromatic heterocycles. The van der Waals surface area contributed by atoms with E-state index in [0.717, 1.165) is 49.0 Å². The Morgan fingerprint density at radius 3 is 2.73 bits per heavy atom. The second-order valence-corrected chi connectivity index (χ2v) is 9.47. The summed E-state index contributed by atoms with van der Waals surface area (Å²) in [6.07, 6.45) is 6.00. The van der Waals surface area contributed by atoms with Crippen LogP contribution in [0.15, 0.2) is 73.2 Å². The highest BCUT2D eigenvalue weighted by Crippen LogP contribution is 2.33. The van der Waals surface area contributed by atoms with Crippen molar-refractivity contribution < 1.29 is 4.74 Å². The van der Waals surface area contributed by atoms with Gasteiger partial charge in [0.15, 0.2) is 5.65 Å². The summed E-state index contributed by atoms with van der Waals surface area (Å²) in [6, 6.07) is 19.5. The van der Waals surface area contributed by atoms with Crippen molar-refractivity contribution >= 4 is 56.2 Å². The van der Waals surface area contributed by atoms with Crippen LogP contribution in [0.5, 0.6) is 0 Å². The van der Waals surface area contributed by atoms with Gasteiger partial charge in [-0.05, 0) is 65.1 Å². The van der Waals surface area contributed by atoms with Crippen LogP contribution in [0.1, 0.15) is 0 Å². The molecule has 4 heterocycles. The number of nitrogens with zero attached hydrogens (tertiary/aromatic N) is 4. The second-order valence-electron chi connectivity index (χ2n) is 8.31. The summed E-state index contributed by atoms with van der Waals surface area (Å²) >= 11 is 2.43. The van der Waals surface area contributed by atoms with Crippen LogP contribution in [-0.2, 0) is 11.8 Å². The van der Waals surface area contributed by atoms with Crippen LogP contribution >= 0.6 is 22.6 Å². The Bertz CT molecular complexity index is 1460. The number of rotatable bonds is 4. The maximum absolute atomic E-state index is 5.50. The number of anilines is 3. The molecule has 6 rings (SSSR count). The summed E-state index contributed by atoms with van der Waals surface area (Å²) in [5, 5.41) is 4.83. The van der Waals surface area contributed by atoms with E-state index < -0.39 is 0 Å². The van der Waals surface area contributed by atoms with E-state index in [4.69, 9.17) is 4.74 Å². The molecule has 1 aliphatic rings. The molecule has 0 amide bonds. The maximum atomic E-state index is 5.50. The lowest BCUT2D eigenvalue weighted by atomic mass is 10.1. The predicted molar refractivity (Wildman–Crippen MR) is 143 cm³/mol. The molecule has 166 valence electrons. The SMILES string of the molecule is Cn1ccc2c(-c3ccc(Nc4ccc(N5CCOCC5)c(I)c4)c4nccn34)cccc21. The Kier molecular flexibility index (Phi) is 5.22. The highest BCUT2D eigenvalue weighted by atomic mass is 127. The Balaban J connectivity index is 1.36. The van der Waals surface area contributed by atoms with Crippen molar-refractivity contribution in [1.82, 2.24) is 14.0 Å². The van der Waals surface area contributed by atoms with Crippen LogP contribution in [0.2, 0.25) is 0 Å². The highest BCUT2D eigenvalue weighted by Gasteiger charge is 2.16. The average molecular weight is 549 g/mol. The third-order valence-corrected chi connectivity index (χ3v) is 7.20. The molecule has 6 nitrogen and oxygen atoms in total. The zero-order valence-electron chi connectivity index (χ0n) is 18.3. The number of benzene rings is 2. The van der Waals surface area contributed by atoms with Crippen molar-refractivity contribution in [3.8, 4) is 11.3 Å². The second kappa shape index (κ2) is 8.39. The number of ether oxygens (including phenoxy) is 1. The van der Waals surface area contributed by atoms with Gasteiger partial charge in [-0.2, -0.15) is 0 Å². The normalized spacial score (nSPS) is 14.3. The summed E-state index contributed by atoms with van der Waals surface area (Å²) in [6.45, 7) is 3.45. The van der Waals surface area contributed by atoms with Crippen LogP contribution in [0.3, 0.4) is 0 Å². The number of aromatic nitrogens is 3. The van der Waals surface area contributed by atoms with E-state index in [1.165, 1.54) is 25.7 Å². The molecule has 0 saturated carbocycles. The number of imidazole rings is 1. The lowest BCUT2D eigenvalue weighted by Crippen LogP contribution is -2.36. The standard InChI is InChI=1S/C26H24IN5O/c1-30-11-9-20-19(3-2-4-23(20)30)24-8-6-22(26-28-10-12-32(24)26)29-18-5-7-25(21(27)17-18)31-13-15-33-16-14-31/h2-12,17,29H,13-16H2,1H3. The van der Waals surface area contributed by atoms with E-state index in [1.807, 2.05) is 12.4 Å². The number of pyridine rings is 1. The molecule has 0 atom stereocenters. The molecule has 1 N–H and O–H groups in total. The minimum atomic E-state index is 0.789. The third kappa shape index (κ3) is 3.65. The monoisotopic (exact) mass is 549 g/mol. The summed E-state index contributed by atoms with van der Waals surface area (Å²) in [5.74, 6) is 0. The van der Waals surface area contributed by atoms with E-state index in [0.29, 0.717) is 0 Å². The molecular weight excluding hydrogens is 525 g/mol. The molecule has 2 aromatic carbocycles. The van der Waals surface area contributed by atoms with E-state index in [2.05, 4.69) is 115 Å². The number of hydrogen-bond donors (Lipinski definition) is 1. The number of morpholine rings is 1. The predicted octanol–water partition coefficient (Wildman–Crippen LogP) is 5.68. The lowest BCUT2D eigenvalue weighted by Gasteiger charge is -2.30. The highest BCUT2D eigenvalue weighted by molar-refractivity contribution is 14.1. The van der Waals surface area contributed by atoms with E-state index in [-0.39, 0.29) is 0 Å². The molecule has 7 heteroatoms. The first-order valence-electron chi connectivity index (χ1n) is 11.1. The van der Waals surface area contributed by atoms with Crippen LogP contribution in [0, 0.1) is 3.57 Å². The number of nitrogens with one attached hydrogen (secondary N) is 1. The van der Waals surface area contributed by atoms with Crippen LogP contribution in [-0.4, -0.2) is 40.3 Å². The number of hydrogen-bond acceptors (Lipinski definition) is 4. The molecule has 0 aliphatic carbocycles. The van der Waals surface area contributed by atoms with Crippen molar-refractivity contribution in [2.24, 2.45) is 7.05 Å². The van der Waals surface area contributed by atoms with Gasteiger partial charge in [-0.1, -0.05) is 12.1 Å². The van der Waals surface area contributed by atoms with Gasteiger partial charge in [0, 0.05) is 64.5 Å². The Labute approximate surface area is 205 Å². The average Bonchev–Trinajstić information content (AvgIpc) is 3.48. The fourth-order valence-electron chi connectivity index (χ4n) is 4.66. The van der Waals surface area contributed by atoms with Gasteiger partial charge in [0.2, 0.25) is 0 Å². The topological polar surface area (TPSA) is 46.7 Å². The minimum absolute atomic E-state index is 0.789. The van der Waals surface area contributed by atoms with Crippen molar-refractivity contribution in [3.05, 3.63) is 76.8 Å². The summed E-state index contributed by atoms with van der Waals surface area (Å²) in [4.78, 5) is 7.06. The smallest absolute Gasteiger partial charge is 0.161 e. The molecule has 0 spiro atoms. The van der Waals surface area contributed by atoms with Gasteiger partial charge in [-0.15, -0.1) is 0 Å². The van der Waals surface area contributed by atoms with Crippen LogP contribution < -0.4 is 10.2 Å². The van der Waals surface area contributed by atoms with Gasteiger partial charge < -0.3 is 19.5 Å². The molecule has 0 bridgehead atoms. The zero-order chi connectivity index (χ0) is 22.4. The lowest BCUT2D eigenvalue weighted by molar-refractivity contribution is 0.122. The molecule has 5 aromatic rings. The molecule has 0 radical (unpaired) electrons. The van der Waals surface area contributed by atoms with Crippen molar-refractivity contribution in [1.29, 1.82) is 0 Å². The van der Waals surface area contributed by atoms with Crippen molar-refractivity contribution in [2.75, 3.05) is 36.5 Å². The fourth-order valence-corrected chi connectivity index (χ4v) is 5.51. The first-order chi connectivity index (χ1) is 16.2. The van der Waals surface area contributed by atoms with E-state index >= 15 is 0 Å². The summed E-state index contributed by atoms with van der Waals surface area (Å²) < 4.78 is 11.0. The quantitative estimate of drug-likeness (QED) is 0.293. The number of halogens is 1. The Morgan fingerprint density at radius 1 is 1.00 bits per heavy atom. The van der Waals surface area contributed by atoms with E-state index in [1.54, 1.807) is 0 Å². The van der Waals surface area contributed by atoms with Gasteiger partial charge in [0.1, 0.15) is 0 Å². The van der Waals surface area contributed by atoms with Gasteiger partial charge in [-0.25, -0.2) is 4.98 Å². The molecule has 33 heavy (non-hydrogen) atoms. The molecule has 0 unspecified atom stereocenters. The Hall–Kier alpha value is -3.04. The molecule has 1 aliphatic heterocycles. The molecule has 1 fully saturated rings.